The maximum Gasteiger partial charge on any atom is 0.239 e. The molecule has 224 valence electrons. The molecule has 2 aliphatic rings. The van der Waals surface area contributed by atoms with Gasteiger partial charge in [0.15, 0.2) is 12.1 Å². The molecule has 2 aromatic carbocycles. The number of rotatable bonds is 6. The minimum Gasteiger partial charge on any atom is -0.508 e. The Balaban J connectivity index is 0.00000387. The van der Waals surface area contributed by atoms with Gasteiger partial charge < -0.3 is 69.7 Å². The van der Waals surface area contributed by atoms with Crippen LogP contribution in [-0.2, 0) is 14.2 Å². The van der Waals surface area contributed by atoms with Gasteiger partial charge in [-0.3, -0.25) is 4.79 Å². The Kier molecular flexibility index (Phi) is 9.03. The zero-order valence-corrected chi connectivity index (χ0v) is 21.2. The number of aliphatic hydroxyl groups is 5. The van der Waals surface area contributed by atoms with Crippen LogP contribution in [0.1, 0.15) is 6.42 Å². The minimum absolute atomic E-state index is 0. The summed E-state index contributed by atoms with van der Waals surface area (Å²) in [5, 5.41) is 80.4. The number of benzene rings is 2. The van der Waals surface area contributed by atoms with Gasteiger partial charge in [0.2, 0.25) is 17.5 Å². The van der Waals surface area contributed by atoms with Gasteiger partial charge in [-0.05, 0) is 24.3 Å². The third-order valence-corrected chi connectivity index (χ3v) is 6.73. The molecule has 3 heterocycles. The van der Waals surface area contributed by atoms with Crippen LogP contribution in [-0.4, -0.2) is 109 Å². The van der Waals surface area contributed by atoms with E-state index in [9.17, 15) is 45.6 Å². The summed E-state index contributed by atoms with van der Waals surface area (Å²) in [7, 11) is 0. The van der Waals surface area contributed by atoms with Gasteiger partial charge in [0, 0.05) is 24.1 Å². The van der Waals surface area contributed by atoms with E-state index in [1.54, 1.807) is 0 Å². The van der Waals surface area contributed by atoms with Gasteiger partial charge in [-0.2, -0.15) is 0 Å². The Morgan fingerprint density at radius 3 is 2.29 bits per heavy atom. The summed E-state index contributed by atoms with van der Waals surface area (Å²) in [5.74, 6) is -1.75. The number of aromatic hydroxyl groups is 3. The second-order valence-corrected chi connectivity index (χ2v) is 9.55. The molecule has 0 aliphatic carbocycles. The lowest BCUT2D eigenvalue weighted by molar-refractivity contribution is -0.319. The number of phenolic OH excluding ortho intramolecular Hbond substituents is 3. The summed E-state index contributed by atoms with van der Waals surface area (Å²) in [4.78, 5) is 13.6. The molecule has 0 saturated carbocycles. The predicted octanol–water partition coefficient (Wildman–Crippen LogP) is -1.58. The van der Waals surface area contributed by atoms with Crippen LogP contribution < -0.4 is 10.2 Å². The molecule has 2 saturated heterocycles. The highest BCUT2D eigenvalue weighted by Crippen LogP contribution is 2.38. The van der Waals surface area contributed by atoms with E-state index in [0.29, 0.717) is 0 Å². The van der Waals surface area contributed by atoms with Gasteiger partial charge in [0.1, 0.15) is 52.6 Å². The fraction of sp³-hybridized carbons (Fsp3) is 0.423. The topological polar surface area (TPSA) is 260 Å². The monoisotopic (exact) mass is 582 g/mol. The number of hydrogen-bond donors (Lipinski definition) is 8. The molecule has 0 bridgehead atoms. The molecule has 10 N–H and O–H groups in total. The molecule has 0 amide bonds. The highest BCUT2D eigenvalue weighted by Gasteiger charge is 2.45. The molecule has 2 fully saturated rings. The van der Waals surface area contributed by atoms with Crippen LogP contribution in [0.2, 0.25) is 0 Å². The van der Waals surface area contributed by atoms with E-state index in [1.807, 2.05) is 0 Å². The summed E-state index contributed by atoms with van der Waals surface area (Å²) in [5.41, 5.74) is -0.816. The minimum atomic E-state index is -1.65. The molecule has 0 spiro atoms. The average molecular weight is 583 g/mol. The van der Waals surface area contributed by atoms with E-state index in [-0.39, 0.29) is 52.3 Å². The number of ether oxygens (including phenoxy) is 4. The van der Waals surface area contributed by atoms with Gasteiger partial charge in [-0.15, -0.1) is 0 Å². The molecule has 15 nitrogen and oxygen atoms in total. The van der Waals surface area contributed by atoms with E-state index in [2.05, 4.69) is 0 Å². The first-order valence-corrected chi connectivity index (χ1v) is 12.3. The smallest absolute Gasteiger partial charge is 0.239 e. The van der Waals surface area contributed by atoms with Crippen LogP contribution in [0.15, 0.2) is 45.6 Å². The van der Waals surface area contributed by atoms with Crippen LogP contribution in [0.4, 0.5) is 0 Å². The third kappa shape index (κ3) is 5.94. The highest BCUT2D eigenvalue weighted by molar-refractivity contribution is 5.88. The Hall–Kier alpha value is -3.51. The lowest BCUT2D eigenvalue weighted by atomic mass is 10.0. The van der Waals surface area contributed by atoms with Gasteiger partial charge in [-0.25, -0.2) is 0 Å². The van der Waals surface area contributed by atoms with E-state index >= 15 is 0 Å². The molecule has 15 heteroatoms. The first kappa shape index (κ1) is 30.4. The van der Waals surface area contributed by atoms with E-state index in [0.717, 1.165) is 12.1 Å². The van der Waals surface area contributed by atoms with Gasteiger partial charge in [0.05, 0.1) is 25.4 Å². The Labute approximate surface area is 230 Å². The van der Waals surface area contributed by atoms with Crippen molar-refractivity contribution in [2.24, 2.45) is 0 Å². The van der Waals surface area contributed by atoms with Crippen molar-refractivity contribution in [3.05, 3.63) is 46.6 Å². The Bertz CT molecular complexity index is 1410. The van der Waals surface area contributed by atoms with Crippen LogP contribution in [0.5, 0.6) is 23.0 Å². The normalized spacial score (nSPS) is 30.1. The predicted molar refractivity (Wildman–Crippen MR) is 136 cm³/mol. The van der Waals surface area contributed by atoms with Crippen molar-refractivity contribution >= 4 is 11.0 Å². The van der Waals surface area contributed by atoms with Crippen molar-refractivity contribution in [3.63, 3.8) is 0 Å². The van der Waals surface area contributed by atoms with Gasteiger partial charge >= 0.3 is 0 Å². The van der Waals surface area contributed by atoms with Crippen molar-refractivity contribution in [1.29, 1.82) is 0 Å². The fourth-order valence-electron chi connectivity index (χ4n) is 4.62. The Morgan fingerprint density at radius 2 is 1.61 bits per heavy atom. The largest absolute Gasteiger partial charge is 0.508 e. The molecule has 3 aromatic rings. The van der Waals surface area contributed by atoms with Crippen LogP contribution >= 0.6 is 0 Å². The maximum absolute atomic E-state index is 13.6. The second kappa shape index (κ2) is 12.2. The van der Waals surface area contributed by atoms with Crippen molar-refractivity contribution in [1.82, 2.24) is 0 Å². The lowest BCUT2D eigenvalue weighted by Gasteiger charge is -2.42. The first-order valence-electron chi connectivity index (χ1n) is 12.3. The molecule has 8 unspecified atom stereocenters. The molecule has 8 atom stereocenters. The summed E-state index contributed by atoms with van der Waals surface area (Å²) < 4.78 is 28.2. The third-order valence-electron chi connectivity index (χ3n) is 6.73. The molecule has 0 radical (unpaired) electrons. The number of hydrogen-bond acceptors (Lipinski definition) is 14. The molecule has 1 aromatic heterocycles. The van der Waals surface area contributed by atoms with Gasteiger partial charge in [-0.1, -0.05) is 0 Å². The first-order chi connectivity index (χ1) is 19.1. The maximum atomic E-state index is 13.6. The molecule has 2 aliphatic heterocycles. The molecular formula is C26H30O15. The van der Waals surface area contributed by atoms with E-state index < -0.39 is 72.7 Å². The average Bonchev–Trinajstić information content (AvgIpc) is 2.92. The number of aliphatic hydroxyl groups excluding tert-OH is 5. The SMILES string of the molecule is O.O=c1c(OC2OC(CO)CC(OC3OCC(O)C(O)C3O)C2O)c(-c2ccc(O)cc2)oc2cc(O)cc(O)c12. The van der Waals surface area contributed by atoms with Crippen molar-refractivity contribution in [3.8, 4) is 34.3 Å². The number of phenols is 3. The van der Waals surface area contributed by atoms with Crippen molar-refractivity contribution < 1.29 is 69.7 Å². The zero-order chi connectivity index (χ0) is 28.7. The summed E-state index contributed by atoms with van der Waals surface area (Å²) >= 11 is 0. The fourth-order valence-corrected chi connectivity index (χ4v) is 4.62. The van der Waals surface area contributed by atoms with Crippen LogP contribution in [0.25, 0.3) is 22.3 Å². The van der Waals surface area contributed by atoms with E-state index in [1.165, 1.54) is 24.3 Å². The molecule has 5 rings (SSSR count). The summed E-state index contributed by atoms with van der Waals surface area (Å²) in [6.45, 7) is -0.891. The lowest BCUT2D eigenvalue weighted by Crippen LogP contribution is -2.58. The highest BCUT2D eigenvalue weighted by atomic mass is 16.7. The molecule has 41 heavy (non-hydrogen) atoms. The Morgan fingerprint density at radius 1 is 0.902 bits per heavy atom. The van der Waals surface area contributed by atoms with Crippen molar-refractivity contribution in [2.75, 3.05) is 13.2 Å². The number of fused-ring (bicyclic) bond motifs is 1. The standard InChI is InChI=1S/C26H28O14.H2O/c27-8-13-7-17(39-25-22(35)19(32)15(31)9-36-25)20(33)26(37-13)40-24-21(34)18-14(30)5-12(29)6-16(18)38-23(24)10-1-3-11(28)4-2-10;/h1-6,13,15,17,19-20,22,25-33,35H,7-9H2;1H2. The van der Waals surface area contributed by atoms with Crippen LogP contribution in [0, 0.1) is 0 Å². The second-order valence-electron chi connectivity index (χ2n) is 9.55. The van der Waals surface area contributed by atoms with Crippen LogP contribution in [0.3, 0.4) is 0 Å². The van der Waals surface area contributed by atoms with Crippen molar-refractivity contribution in [2.45, 2.75) is 55.6 Å². The summed E-state index contributed by atoms with van der Waals surface area (Å²) in [6.07, 6.45) is -11.6. The van der Waals surface area contributed by atoms with E-state index in [4.69, 9.17) is 23.4 Å². The molecular weight excluding hydrogens is 552 g/mol. The zero-order valence-electron chi connectivity index (χ0n) is 21.2. The van der Waals surface area contributed by atoms with Gasteiger partial charge in [0.25, 0.3) is 0 Å². The quantitative estimate of drug-likeness (QED) is 0.163. The summed E-state index contributed by atoms with van der Waals surface area (Å²) in [6, 6.07) is 7.52.